The Morgan fingerprint density at radius 2 is 2.31 bits per heavy atom. The molecule has 2 N–H and O–H groups in total. The third-order valence-electron chi connectivity index (χ3n) is 2.37. The van der Waals surface area contributed by atoms with Crippen LogP contribution in [0.2, 0.25) is 0 Å². The molecule has 13 heavy (non-hydrogen) atoms. The number of hydrogen-bond acceptors (Lipinski definition) is 3. The Morgan fingerprint density at radius 3 is 3.00 bits per heavy atom. The molecule has 0 saturated carbocycles. The van der Waals surface area contributed by atoms with Gasteiger partial charge in [-0.3, -0.25) is 4.68 Å². The monoisotopic (exact) mass is 181 g/mol. The first-order chi connectivity index (χ1) is 6.20. The number of aromatic nitrogens is 2. The Kier molecular flexibility index (Phi) is 2.00. The van der Waals surface area contributed by atoms with E-state index in [1.807, 2.05) is 4.68 Å². The Labute approximate surface area is 77.7 Å². The standard InChI is InChI=1S/C9H15N3O/c1-6(2)12-8-3-4-13-5-7(8)9(10)11-12/h6H,3-5H2,1-2H3,(H2,10,11). The van der Waals surface area contributed by atoms with E-state index >= 15 is 0 Å². The van der Waals surface area contributed by atoms with E-state index in [0.717, 1.165) is 18.6 Å². The second-order valence-corrected chi connectivity index (χ2v) is 3.65. The molecule has 0 fully saturated rings. The molecule has 1 aliphatic rings. The molecule has 4 heteroatoms. The normalized spacial score (nSPS) is 16.2. The Morgan fingerprint density at radius 1 is 1.54 bits per heavy atom. The average Bonchev–Trinajstić information content (AvgIpc) is 2.45. The highest BCUT2D eigenvalue weighted by atomic mass is 16.5. The summed E-state index contributed by atoms with van der Waals surface area (Å²) < 4.78 is 7.34. The van der Waals surface area contributed by atoms with E-state index in [-0.39, 0.29) is 0 Å². The number of ether oxygens (including phenoxy) is 1. The largest absolute Gasteiger partial charge is 0.382 e. The van der Waals surface area contributed by atoms with Gasteiger partial charge in [0.05, 0.1) is 13.2 Å². The molecular weight excluding hydrogens is 166 g/mol. The summed E-state index contributed by atoms with van der Waals surface area (Å²) in [6.45, 7) is 5.63. The van der Waals surface area contributed by atoms with Crippen molar-refractivity contribution >= 4 is 5.82 Å². The number of fused-ring (bicyclic) bond motifs is 1. The smallest absolute Gasteiger partial charge is 0.151 e. The van der Waals surface area contributed by atoms with Crippen LogP contribution < -0.4 is 5.73 Å². The maximum atomic E-state index is 5.79. The number of rotatable bonds is 1. The molecule has 1 aromatic heterocycles. The molecule has 0 radical (unpaired) electrons. The van der Waals surface area contributed by atoms with Gasteiger partial charge < -0.3 is 10.5 Å². The van der Waals surface area contributed by atoms with E-state index in [0.29, 0.717) is 18.5 Å². The minimum Gasteiger partial charge on any atom is -0.382 e. The van der Waals surface area contributed by atoms with E-state index in [4.69, 9.17) is 10.5 Å². The minimum absolute atomic E-state index is 0.379. The average molecular weight is 181 g/mol. The highest BCUT2D eigenvalue weighted by molar-refractivity contribution is 5.43. The van der Waals surface area contributed by atoms with Crippen LogP contribution in [-0.2, 0) is 17.8 Å². The van der Waals surface area contributed by atoms with Crippen LogP contribution in [0.4, 0.5) is 5.82 Å². The Bertz CT molecular complexity index is 317. The summed E-state index contributed by atoms with van der Waals surface area (Å²) in [5, 5.41) is 4.31. The molecule has 0 unspecified atom stereocenters. The summed E-state index contributed by atoms with van der Waals surface area (Å²) in [5.41, 5.74) is 8.12. The SMILES string of the molecule is CC(C)n1nc(N)c2c1CCOC2. The first kappa shape index (κ1) is 8.56. The van der Waals surface area contributed by atoms with Gasteiger partial charge in [0.2, 0.25) is 0 Å². The predicted octanol–water partition coefficient (Wildman–Crippen LogP) is 1.12. The lowest BCUT2D eigenvalue weighted by atomic mass is 10.1. The lowest BCUT2D eigenvalue weighted by Gasteiger charge is -2.16. The highest BCUT2D eigenvalue weighted by Crippen LogP contribution is 2.24. The van der Waals surface area contributed by atoms with Gasteiger partial charge in [-0.2, -0.15) is 5.10 Å². The van der Waals surface area contributed by atoms with Crippen LogP contribution in [0.1, 0.15) is 31.1 Å². The molecule has 1 aliphatic heterocycles. The van der Waals surface area contributed by atoms with Gasteiger partial charge in [0, 0.05) is 23.7 Å². The van der Waals surface area contributed by atoms with Crippen molar-refractivity contribution in [2.75, 3.05) is 12.3 Å². The third-order valence-corrected chi connectivity index (χ3v) is 2.37. The number of nitrogens with two attached hydrogens (primary N) is 1. The van der Waals surface area contributed by atoms with Crippen molar-refractivity contribution in [3.05, 3.63) is 11.3 Å². The molecule has 0 aromatic carbocycles. The second-order valence-electron chi connectivity index (χ2n) is 3.65. The fraction of sp³-hybridized carbons (Fsp3) is 0.667. The molecule has 2 heterocycles. The van der Waals surface area contributed by atoms with Gasteiger partial charge in [0.1, 0.15) is 0 Å². The van der Waals surface area contributed by atoms with Crippen molar-refractivity contribution in [1.82, 2.24) is 9.78 Å². The molecule has 4 nitrogen and oxygen atoms in total. The van der Waals surface area contributed by atoms with Gasteiger partial charge in [-0.1, -0.05) is 0 Å². The van der Waals surface area contributed by atoms with E-state index < -0.39 is 0 Å². The van der Waals surface area contributed by atoms with E-state index in [1.165, 1.54) is 5.69 Å². The number of anilines is 1. The van der Waals surface area contributed by atoms with Crippen molar-refractivity contribution < 1.29 is 4.74 Å². The van der Waals surface area contributed by atoms with Gasteiger partial charge in [-0.25, -0.2) is 0 Å². The number of hydrogen-bond donors (Lipinski definition) is 1. The van der Waals surface area contributed by atoms with Crippen LogP contribution in [0.3, 0.4) is 0 Å². The molecule has 0 bridgehead atoms. The van der Waals surface area contributed by atoms with E-state index in [1.54, 1.807) is 0 Å². The molecule has 72 valence electrons. The van der Waals surface area contributed by atoms with Crippen LogP contribution in [0.25, 0.3) is 0 Å². The van der Waals surface area contributed by atoms with Crippen LogP contribution in [0.5, 0.6) is 0 Å². The molecule has 1 aromatic rings. The maximum absolute atomic E-state index is 5.79. The summed E-state index contributed by atoms with van der Waals surface area (Å²) in [7, 11) is 0. The Hall–Kier alpha value is -1.03. The van der Waals surface area contributed by atoms with Crippen molar-refractivity contribution in [3.8, 4) is 0 Å². The predicted molar refractivity (Wildman–Crippen MR) is 50.4 cm³/mol. The maximum Gasteiger partial charge on any atom is 0.151 e. The molecule has 2 rings (SSSR count). The van der Waals surface area contributed by atoms with Gasteiger partial charge in [-0.15, -0.1) is 0 Å². The van der Waals surface area contributed by atoms with Crippen LogP contribution in [-0.4, -0.2) is 16.4 Å². The topological polar surface area (TPSA) is 53.1 Å². The lowest BCUT2D eigenvalue weighted by molar-refractivity contribution is 0.109. The van der Waals surface area contributed by atoms with Gasteiger partial charge in [0.15, 0.2) is 5.82 Å². The lowest BCUT2D eigenvalue weighted by Crippen LogP contribution is -2.15. The summed E-state index contributed by atoms with van der Waals surface area (Å²) >= 11 is 0. The number of nitrogen functional groups attached to an aromatic ring is 1. The summed E-state index contributed by atoms with van der Waals surface area (Å²) in [6.07, 6.45) is 0.928. The first-order valence-corrected chi connectivity index (χ1v) is 4.63. The van der Waals surface area contributed by atoms with Crippen molar-refractivity contribution in [1.29, 1.82) is 0 Å². The summed E-state index contributed by atoms with van der Waals surface area (Å²) in [4.78, 5) is 0. The van der Waals surface area contributed by atoms with E-state index in [2.05, 4.69) is 18.9 Å². The Balaban J connectivity index is 2.47. The van der Waals surface area contributed by atoms with Gasteiger partial charge >= 0.3 is 0 Å². The van der Waals surface area contributed by atoms with Crippen molar-refractivity contribution in [2.45, 2.75) is 32.9 Å². The van der Waals surface area contributed by atoms with Crippen LogP contribution in [0, 0.1) is 0 Å². The molecule has 0 saturated heterocycles. The zero-order chi connectivity index (χ0) is 9.42. The first-order valence-electron chi connectivity index (χ1n) is 4.63. The van der Waals surface area contributed by atoms with Crippen LogP contribution >= 0.6 is 0 Å². The van der Waals surface area contributed by atoms with Gasteiger partial charge in [-0.05, 0) is 13.8 Å². The highest BCUT2D eigenvalue weighted by Gasteiger charge is 2.20. The molecule has 0 atom stereocenters. The minimum atomic E-state index is 0.379. The second kappa shape index (κ2) is 3.03. The van der Waals surface area contributed by atoms with Crippen LogP contribution in [0.15, 0.2) is 0 Å². The summed E-state index contributed by atoms with van der Waals surface area (Å²) in [6, 6.07) is 0.379. The molecule has 0 aliphatic carbocycles. The third kappa shape index (κ3) is 1.31. The fourth-order valence-corrected chi connectivity index (χ4v) is 1.72. The zero-order valence-corrected chi connectivity index (χ0v) is 8.08. The quantitative estimate of drug-likeness (QED) is 0.706. The summed E-state index contributed by atoms with van der Waals surface area (Å²) in [5.74, 6) is 0.628. The molecule has 0 spiro atoms. The zero-order valence-electron chi connectivity index (χ0n) is 8.08. The fourth-order valence-electron chi connectivity index (χ4n) is 1.72. The van der Waals surface area contributed by atoms with Gasteiger partial charge in [0.25, 0.3) is 0 Å². The molecular formula is C9H15N3O. The van der Waals surface area contributed by atoms with Crippen molar-refractivity contribution in [2.24, 2.45) is 0 Å². The molecule has 0 amide bonds. The van der Waals surface area contributed by atoms with Crippen molar-refractivity contribution in [3.63, 3.8) is 0 Å². The van der Waals surface area contributed by atoms with E-state index in [9.17, 15) is 0 Å². The number of nitrogens with zero attached hydrogens (tertiary/aromatic N) is 2.